The van der Waals surface area contributed by atoms with E-state index in [0.29, 0.717) is 24.8 Å². The average Bonchev–Trinajstić information content (AvgIpc) is 2.97. The maximum atomic E-state index is 11.2. The van der Waals surface area contributed by atoms with Crippen LogP contribution in [-0.4, -0.2) is 46.0 Å². The summed E-state index contributed by atoms with van der Waals surface area (Å²) in [6.45, 7) is 10.6. The number of carbonyl (C=O) groups excluding carboxylic acids is 1. The second-order valence-electron chi connectivity index (χ2n) is 7.18. The van der Waals surface area contributed by atoms with Crippen molar-refractivity contribution in [3.63, 3.8) is 0 Å². The third kappa shape index (κ3) is 6.07. The molecular formula is C18H32N6O. The molecule has 1 aliphatic rings. The number of rotatable bonds is 7. The van der Waals surface area contributed by atoms with E-state index in [9.17, 15) is 4.79 Å². The normalized spacial score (nSPS) is 18.6. The summed E-state index contributed by atoms with van der Waals surface area (Å²) in [6, 6.07) is 0. The molecule has 1 fully saturated rings. The highest BCUT2D eigenvalue weighted by Gasteiger charge is 2.23. The number of aromatic nitrogens is 2. The van der Waals surface area contributed by atoms with Crippen LogP contribution in [0, 0.1) is 11.8 Å². The molecule has 2 heterocycles. The van der Waals surface area contributed by atoms with Crippen molar-refractivity contribution in [3.8, 4) is 0 Å². The van der Waals surface area contributed by atoms with Gasteiger partial charge in [-0.2, -0.15) is 0 Å². The van der Waals surface area contributed by atoms with E-state index in [0.717, 1.165) is 50.8 Å². The number of piperidine rings is 1. The van der Waals surface area contributed by atoms with E-state index < -0.39 is 0 Å². The summed E-state index contributed by atoms with van der Waals surface area (Å²) in [5.74, 6) is 2.55. The Morgan fingerprint density at radius 3 is 3.00 bits per heavy atom. The molecule has 0 radical (unpaired) electrons. The van der Waals surface area contributed by atoms with Crippen molar-refractivity contribution in [2.75, 3.05) is 19.6 Å². The first-order valence-corrected chi connectivity index (χ1v) is 9.31. The van der Waals surface area contributed by atoms with Crippen LogP contribution in [0.1, 0.15) is 45.9 Å². The van der Waals surface area contributed by atoms with Gasteiger partial charge in [0.05, 0.1) is 0 Å². The fraction of sp³-hybridized carbons (Fsp3) is 0.722. The Morgan fingerprint density at radius 1 is 1.52 bits per heavy atom. The number of carbonyl (C=O) groups is 1. The predicted molar refractivity (Wildman–Crippen MR) is 100.0 cm³/mol. The van der Waals surface area contributed by atoms with Gasteiger partial charge in [0.2, 0.25) is 5.91 Å². The quantitative estimate of drug-likeness (QED) is 0.578. The number of amides is 1. The Labute approximate surface area is 150 Å². The van der Waals surface area contributed by atoms with Gasteiger partial charge in [0.25, 0.3) is 0 Å². The molecule has 1 atom stereocenters. The minimum Gasteiger partial charge on any atom is -0.370 e. The number of nitrogens with two attached hydrogens (primary N) is 1. The summed E-state index contributed by atoms with van der Waals surface area (Å²) in [6.07, 6.45) is 6.42. The third-order valence-corrected chi connectivity index (χ3v) is 4.38. The van der Waals surface area contributed by atoms with E-state index in [2.05, 4.69) is 40.5 Å². The van der Waals surface area contributed by atoms with Crippen molar-refractivity contribution >= 4 is 11.9 Å². The number of imidazole rings is 1. The van der Waals surface area contributed by atoms with Gasteiger partial charge in [0.15, 0.2) is 5.96 Å². The van der Waals surface area contributed by atoms with Crippen LogP contribution in [0.5, 0.6) is 0 Å². The van der Waals surface area contributed by atoms with Crippen molar-refractivity contribution in [3.05, 3.63) is 18.2 Å². The summed E-state index contributed by atoms with van der Waals surface area (Å²) in [5.41, 5.74) is 5.37. The second kappa shape index (κ2) is 9.44. The lowest BCUT2D eigenvalue weighted by atomic mass is 9.95. The number of nitrogens with zero attached hydrogens (tertiary/aromatic N) is 4. The minimum absolute atomic E-state index is 0.218. The van der Waals surface area contributed by atoms with Crippen LogP contribution < -0.4 is 11.1 Å². The van der Waals surface area contributed by atoms with Gasteiger partial charge >= 0.3 is 0 Å². The molecule has 1 unspecified atom stereocenters. The van der Waals surface area contributed by atoms with Crippen molar-refractivity contribution in [2.45, 2.75) is 53.1 Å². The first-order valence-electron chi connectivity index (χ1n) is 9.31. The second-order valence-corrected chi connectivity index (χ2v) is 7.18. The molecule has 1 aromatic rings. The molecule has 2 rings (SSSR count). The molecule has 0 aliphatic carbocycles. The summed E-state index contributed by atoms with van der Waals surface area (Å²) in [5, 5.41) is 3.37. The van der Waals surface area contributed by atoms with Gasteiger partial charge in [0.1, 0.15) is 12.4 Å². The Morgan fingerprint density at radius 2 is 2.32 bits per heavy atom. The fourth-order valence-corrected chi connectivity index (χ4v) is 3.33. The van der Waals surface area contributed by atoms with Gasteiger partial charge in [-0.15, -0.1) is 0 Å². The van der Waals surface area contributed by atoms with Crippen molar-refractivity contribution in [1.29, 1.82) is 0 Å². The lowest BCUT2D eigenvalue weighted by Crippen LogP contribution is -2.47. The molecule has 1 amide bonds. The fourth-order valence-electron chi connectivity index (χ4n) is 3.33. The summed E-state index contributed by atoms with van der Waals surface area (Å²) < 4.78 is 2.17. The Hall–Kier alpha value is -2.05. The smallest absolute Gasteiger partial charge is 0.217 e. The first kappa shape index (κ1) is 19.3. The first-order chi connectivity index (χ1) is 12.0. The highest BCUT2D eigenvalue weighted by Crippen LogP contribution is 2.19. The van der Waals surface area contributed by atoms with E-state index in [4.69, 9.17) is 10.7 Å². The summed E-state index contributed by atoms with van der Waals surface area (Å²) in [4.78, 5) is 22.7. The lowest BCUT2D eigenvalue weighted by Gasteiger charge is -2.34. The molecule has 3 N–H and O–H groups in total. The van der Waals surface area contributed by atoms with E-state index in [1.54, 1.807) is 0 Å². The van der Waals surface area contributed by atoms with Crippen LogP contribution in [0.3, 0.4) is 0 Å². The molecule has 1 aliphatic heterocycles. The number of hydrogen-bond donors (Lipinski definition) is 2. The number of hydrogen-bond acceptors (Lipinski definition) is 3. The van der Waals surface area contributed by atoms with Crippen molar-refractivity contribution in [1.82, 2.24) is 19.8 Å². The predicted octanol–water partition coefficient (Wildman–Crippen LogP) is 1.59. The van der Waals surface area contributed by atoms with Crippen LogP contribution in [0.4, 0.5) is 0 Å². The monoisotopic (exact) mass is 348 g/mol. The molecular weight excluding hydrogens is 316 g/mol. The molecule has 140 valence electrons. The SMILES string of the molecule is CCNC(=NCc1nccn1CC(C)C)N1CCCC(CC(N)=O)C1. The topological polar surface area (TPSA) is 88.5 Å². The highest BCUT2D eigenvalue weighted by atomic mass is 16.1. The van der Waals surface area contributed by atoms with Gasteiger partial charge in [-0.25, -0.2) is 9.98 Å². The van der Waals surface area contributed by atoms with Gasteiger partial charge in [-0.3, -0.25) is 4.79 Å². The zero-order valence-corrected chi connectivity index (χ0v) is 15.7. The van der Waals surface area contributed by atoms with Crippen LogP contribution in [-0.2, 0) is 17.9 Å². The van der Waals surface area contributed by atoms with Crippen molar-refractivity contribution < 1.29 is 4.79 Å². The van der Waals surface area contributed by atoms with Crippen LogP contribution >= 0.6 is 0 Å². The minimum atomic E-state index is -0.218. The van der Waals surface area contributed by atoms with Gasteiger partial charge in [0, 0.05) is 45.0 Å². The van der Waals surface area contributed by atoms with E-state index in [1.807, 2.05) is 12.4 Å². The molecule has 25 heavy (non-hydrogen) atoms. The zero-order chi connectivity index (χ0) is 18.2. The molecule has 7 nitrogen and oxygen atoms in total. The van der Waals surface area contributed by atoms with Gasteiger partial charge in [-0.1, -0.05) is 13.8 Å². The summed E-state index contributed by atoms with van der Waals surface area (Å²) in [7, 11) is 0. The molecule has 7 heteroatoms. The van der Waals surface area contributed by atoms with E-state index in [-0.39, 0.29) is 5.91 Å². The molecule has 0 saturated carbocycles. The van der Waals surface area contributed by atoms with E-state index in [1.165, 1.54) is 0 Å². The largest absolute Gasteiger partial charge is 0.370 e. The highest BCUT2D eigenvalue weighted by molar-refractivity contribution is 5.80. The maximum Gasteiger partial charge on any atom is 0.217 e. The van der Waals surface area contributed by atoms with Crippen LogP contribution in [0.2, 0.25) is 0 Å². The third-order valence-electron chi connectivity index (χ3n) is 4.38. The molecule has 0 bridgehead atoms. The molecule has 1 saturated heterocycles. The molecule has 1 aromatic heterocycles. The van der Waals surface area contributed by atoms with Crippen molar-refractivity contribution in [2.24, 2.45) is 22.6 Å². The van der Waals surface area contributed by atoms with Gasteiger partial charge < -0.3 is 20.5 Å². The van der Waals surface area contributed by atoms with Gasteiger partial charge in [-0.05, 0) is 31.6 Å². The summed E-state index contributed by atoms with van der Waals surface area (Å²) >= 11 is 0. The number of primary amides is 1. The average molecular weight is 348 g/mol. The van der Waals surface area contributed by atoms with E-state index >= 15 is 0 Å². The Kier molecular flexibility index (Phi) is 7.28. The zero-order valence-electron chi connectivity index (χ0n) is 15.7. The number of guanidine groups is 1. The van der Waals surface area contributed by atoms with Crippen LogP contribution in [0.25, 0.3) is 0 Å². The standard InChI is InChI=1S/C18H32N6O/c1-4-20-18(24-8-5-6-15(13-24)10-16(19)25)22-11-17-21-7-9-23(17)12-14(2)3/h7,9,14-15H,4-6,8,10-13H2,1-3H3,(H2,19,25)(H,20,22). The number of aliphatic imine (C=N–C) groups is 1. The van der Waals surface area contributed by atoms with Crippen LogP contribution in [0.15, 0.2) is 17.4 Å². The lowest BCUT2D eigenvalue weighted by molar-refractivity contribution is -0.119. The molecule has 0 aromatic carbocycles. The number of likely N-dealkylation sites (tertiary alicyclic amines) is 1. The Bertz CT molecular complexity index is 580. The molecule has 0 spiro atoms. The number of nitrogens with one attached hydrogen (secondary N) is 1. The maximum absolute atomic E-state index is 11.2. The Balaban J connectivity index is 2.05.